The number of rotatable bonds is 9. The Bertz CT molecular complexity index is 1230. The van der Waals surface area contributed by atoms with Crippen molar-refractivity contribution >= 4 is 86.1 Å². The predicted molar refractivity (Wildman–Crippen MR) is 120 cm³/mol. The minimum absolute atomic E-state index is 0. The van der Waals surface area contributed by atoms with E-state index in [1.807, 2.05) is 0 Å². The molecular weight excluding hydrogens is 510 g/mol. The van der Waals surface area contributed by atoms with Crippen molar-refractivity contribution in [2.75, 3.05) is 11.1 Å². The van der Waals surface area contributed by atoms with Crippen LogP contribution in [0.3, 0.4) is 0 Å². The third-order valence-corrected chi connectivity index (χ3v) is 4.36. The van der Waals surface area contributed by atoms with Crippen LogP contribution >= 0.6 is 0 Å². The molecule has 0 saturated carbocycles. The second kappa shape index (κ2) is 11.7. The summed E-state index contributed by atoms with van der Waals surface area (Å²) in [5.41, 5.74) is 6.47. The number of carboxylic acids is 2. The first-order valence-electron chi connectivity index (χ1n) is 9.33. The molecule has 14 heteroatoms. The molecule has 0 radical (unpaired) electrons. The van der Waals surface area contributed by atoms with E-state index in [-0.39, 0.29) is 87.5 Å². The zero-order chi connectivity index (χ0) is 23.3. The summed E-state index contributed by atoms with van der Waals surface area (Å²) < 4.78 is 0. The number of nitrogens with zero attached hydrogens (tertiary/aromatic N) is 3. The van der Waals surface area contributed by atoms with E-state index in [0.717, 1.165) is 0 Å². The van der Waals surface area contributed by atoms with Crippen LogP contribution in [0.1, 0.15) is 28.9 Å². The summed E-state index contributed by atoms with van der Waals surface area (Å²) in [6, 6.07) is 4.86. The molecule has 0 unspecified atom stereocenters. The monoisotopic (exact) mass is 531 g/mol. The Morgan fingerprint density at radius 2 is 1.82 bits per heavy atom. The first kappa shape index (κ1) is 26.2. The van der Waals surface area contributed by atoms with Gasteiger partial charge in [0.25, 0.3) is 5.91 Å². The van der Waals surface area contributed by atoms with Gasteiger partial charge in [-0.1, -0.05) is 0 Å². The molecule has 2 aromatic heterocycles. The third kappa shape index (κ3) is 7.21. The number of benzene rings is 1. The van der Waals surface area contributed by atoms with E-state index in [9.17, 15) is 19.2 Å². The van der Waals surface area contributed by atoms with Crippen LogP contribution in [0.5, 0.6) is 0 Å². The molecule has 3 rings (SSSR count). The van der Waals surface area contributed by atoms with Crippen molar-refractivity contribution in [3.8, 4) is 0 Å². The molecule has 33 heavy (non-hydrogen) atoms. The van der Waals surface area contributed by atoms with Crippen LogP contribution in [-0.4, -0.2) is 99.5 Å². The van der Waals surface area contributed by atoms with Crippen LogP contribution in [0.2, 0.25) is 0 Å². The summed E-state index contributed by atoms with van der Waals surface area (Å²) in [4.78, 5) is 60.5. The molecule has 0 bridgehead atoms. The quantitative estimate of drug-likeness (QED) is 0.185. The molecule has 1 aromatic carbocycles. The molecule has 0 aliphatic carbocycles. The van der Waals surface area contributed by atoms with Crippen LogP contribution < -0.4 is 21.9 Å². The molecule has 3 aromatic rings. The summed E-state index contributed by atoms with van der Waals surface area (Å²) in [6.45, 7) is 0.231. The number of carbonyl (C=O) groups excluding carboxylic acids is 1. The Balaban J connectivity index is 0.00000385. The number of aromatic nitrogens is 4. The van der Waals surface area contributed by atoms with Crippen molar-refractivity contribution in [1.29, 1.82) is 0 Å². The Labute approximate surface area is 223 Å². The molecule has 7 N–H and O–H groups in total. The van der Waals surface area contributed by atoms with E-state index < -0.39 is 29.4 Å². The number of aromatic amines is 1. The van der Waals surface area contributed by atoms with Crippen LogP contribution in [0.15, 0.2) is 35.3 Å². The van der Waals surface area contributed by atoms with Gasteiger partial charge in [-0.15, -0.1) is 0 Å². The standard InChI is InChI=1S/C19H19N7O6.Sr.2H/c20-19-25-15-14(17(30)26-19)23-11(8-22-15)7-21-10-3-1-9(2-4-10)16(29)24-12(18(31)32)5-6-13(27)28;;;/h1-4,8,12,21H,5-7H2,(H,24,29)(H,27,28)(H,31,32)(H3,20,22,25,26,30);;;/t12-;;;/m0.../s1. The minimum atomic E-state index is -1.31. The average molecular weight is 531 g/mol. The fraction of sp³-hybridized carbons (Fsp3) is 0.211. The topological polar surface area (TPSA) is 213 Å². The van der Waals surface area contributed by atoms with Crippen molar-refractivity contribution in [2.24, 2.45) is 0 Å². The zero-order valence-electron chi connectivity index (χ0n) is 16.5. The molecule has 0 aliphatic heterocycles. The van der Waals surface area contributed by atoms with Gasteiger partial charge in [0.1, 0.15) is 6.04 Å². The van der Waals surface area contributed by atoms with Gasteiger partial charge in [0.15, 0.2) is 11.2 Å². The molecule has 0 saturated heterocycles. The van der Waals surface area contributed by atoms with Gasteiger partial charge in [-0.05, 0) is 30.7 Å². The molecule has 170 valence electrons. The Morgan fingerprint density at radius 3 is 2.45 bits per heavy atom. The SMILES string of the molecule is Nc1nc(=O)c2nc(CNc3ccc(C(=O)N[C@@H](CCC(=O)O)C(=O)O)cc3)cnc2[nH]1.[SrH2]. The van der Waals surface area contributed by atoms with Crippen molar-refractivity contribution < 1.29 is 24.6 Å². The maximum absolute atomic E-state index is 12.3. The summed E-state index contributed by atoms with van der Waals surface area (Å²) in [7, 11) is 0. The van der Waals surface area contributed by atoms with Gasteiger partial charge >= 0.3 is 63.0 Å². The van der Waals surface area contributed by atoms with Crippen LogP contribution in [-0.2, 0) is 16.1 Å². The molecule has 0 fully saturated rings. The first-order valence-corrected chi connectivity index (χ1v) is 9.33. The van der Waals surface area contributed by atoms with E-state index in [2.05, 4.69) is 30.6 Å². The Kier molecular flexibility index (Phi) is 9.28. The van der Waals surface area contributed by atoms with Gasteiger partial charge in [-0.3, -0.25) is 14.4 Å². The number of hydrogen-bond donors (Lipinski definition) is 6. The van der Waals surface area contributed by atoms with Crippen molar-refractivity contribution in [1.82, 2.24) is 25.3 Å². The molecule has 2 heterocycles. The number of amides is 1. The number of carbonyl (C=O) groups is 3. The van der Waals surface area contributed by atoms with Gasteiger partial charge in [0.05, 0.1) is 18.4 Å². The van der Waals surface area contributed by atoms with Gasteiger partial charge in [-0.2, -0.15) is 4.98 Å². The number of nitrogens with one attached hydrogen (secondary N) is 3. The number of anilines is 2. The number of nitrogens with two attached hydrogens (primary N) is 1. The number of H-pyrrole nitrogens is 1. The van der Waals surface area contributed by atoms with E-state index in [1.165, 1.54) is 18.3 Å². The fourth-order valence-electron chi connectivity index (χ4n) is 2.76. The number of carboxylic acid groups (broad SMARTS) is 2. The van der Waals surface area contributed by atoms with Gasteiger partial charge in [0, 0.05) is 17.7 Å². The van der Waals surface area contributed by atoms with Crippen molar-refractivity contribution in [3.63, 3.8) is 0 Å². The number of hydrogen-bond acceptors (Lipinski definition) is 9. The van der Waals surface area contributed by atoms with Gasteiger partial charge in [0.2, 0.25) is 5.95 Å². The zero-order valence-corrected chi connectivity index (χ0v) is 16.5. The summed E-state index contributed by atoms with van der Waals surface area (Å²) in [6.07, 6.45) is 0.858. The molecule has 13 nitrogen and oxygen atoms in total. The Hall–Kier alpha value is -3.07. The molecule has 0 spiro atoms. The van der Waals surface area contributed by atoms with Gasteiger partial charge < -0.3 is 31.6 Å². The van der Waals surface area contributed by atoms with E-state index in [1.54, 1.807) is 12.1 Å². The molecule has 1 atom stereocenters. The van der Waals surface area contributed by atoms with Crippen molar-refractivity contribution in [3.05, 3.63) is 52.1 Å². The third-order valence-electron chi connectivity index (χ3n) is 4.36. The Morgan fingerprint density at radius 1 is 1.12 bits per heavy atom. The number of fused-ring (bicyclic) bond motifs is 1. The summed E-state index contributed by atoms with van der Waals surface area (Å²) >= 11 is 0. The summed E-state index contributed by atoms with van der Waals surface area (Å²) in [5.74, 6) is -3.16. The van der Waals surface area contributed by atoms with Gasteiger partial charge in [-0.25, -0.2) is 14.8 Å². The molecule has 1 amide bonds. The average Bonchev–Trinajstić information content (AvgIpc) is 2.75. The van der Waals surface area contributed by atoms with E-state index >= 15 is 0 Å². The number of nitrogen functional groups attached to an aromatic ring is 1. The van der Waals surface area contributed by atoms with Crippen LogP contribution in [0.4, 0.5) is 11.6 Å². The number of aliphatic carboxylic acids is 2. The molecular formula is C19H21N7O6Sr. The normalized spacial score (nSPS) is 11.3. The first-order chi connectivity index (χ1) is 15.2. The summed E-state index contributed by atoms with van der Waals surface area (Å²) in [5, 5.41) is 23.2. The van der Waals surface area contributed by atoms with E-state index in [4.69, 9.17) is 15.9 Å². The van der Waals surface area contributed by atoms with Crippen LogP contribution in [0.25, 0.3) is 11.2 Å². The van der Waals surface area contributed by atoms with E-state index in [0.29, 0.717) is 11.4 Å². The van der Waals surface area contributed by atoms with Crippen LogP contribution in [0, 0.1) is 0 Å². The molecule has 0 aliphatic rings. The predicted octanol–water partition coefficient (Wildman–Crippen LogP) is -0.961. The fourth-order valence-corrected chi connectivity index (χ4v) is 2.76. The van der Waals surface area contributed by atoms with Crippen molar-refractivity contribution in [2.45, 2.75) is 25.4 Å². The maximum atomic E-state index is 12.3. The second-order valence-corrected chi connectivity index (χ2v) is 6.71. The second-order valence-electron chi connectivity index (χ2n) is 6.71.